The van der Waals surface area contributed by atoms with Crippen molar-refractivity contribution in [3.8, 4) is 22.8 Å². The minimum Gasteiger partial charge on any atom is -0.507 e. The molecule has 4 heterocycles. The number of benzene rings is 1. The van der Waals surface area contributed by atoms with Crippen molar-refractivity contribution < 1.29 is 18.6 Å². The molecule has 166 valence electrons. The van der Waals surface area contributed by atoms with Gasteiger partial charge in [0.2, 0.25) is 0 Å². The Balaban J connectivity index is 1.41. The van der Waals surface area contributed by atoms with Gasteiger partial charge in [-0.2, -0.15) is 0 Å². The normalized spacial score (nSPS) is 27.7. The zero-order chi connectivity index (χ0) is 22.5. The average Bonchev–Trinajstić information content (AvgIpc) is 3.34. The summed E-state index contributed by atoms with van der Waals surface area (Å²) in [6.07, 6.45) is 7.66. The Labute approximate surface area is 183 Å². The van der Waals surface area contributed by atoms with Crippen molar-refractivity contribution in [1.82, 2.24) is 30.0 Å². The highest BCUT2D eigenvalue weighted by Gasteiger charge is 2.62. The Morgan fingerprint density at radius 1 is 1.31 bits per heavy atom. The number of hydrogen-bond acceptors (Lipinski definition) is 7. The molecule has 0 saturated carbocycles. The molecule has 3 aromatic rings. The summed E-state index contributed by atoms with van der Waals surface area (Å²) in [5.41, 5.74) is 1.03. The van der Waals surface area contributed by atoms with Crippen molar-refractivity contribution in [3.63, 3.8) is 0 Å². The zero-order valence-corrected chi connectivity index (χ0v) is 17.5. The Morgan fingerprint density at radius 2 is 2.16 bits per heavy atom. The lowest BCUT2D eigenvalue weighted by Gasteiger charge is -2.38. The maximum atomic E-state index is 14.5. The standard InChI is InChI=1S/C22H22F2N6O2/c1-21-9-13(19(32-2)17(27-21)10-22(21,23)24)7-14-11-26-20(29-28-14)16-4-3-15(8-18(16)31)30-6-5-25-12-30/h3-8,11-12,17,19,27,31H,9-10H2,1-2H3/b13-7-/t17?,19-,21-/m1/s1. The topological polar surface area (TPSA) is 98.0 Å². The van der Waals surface area contributed by atoms with Gasteiger partial charge in [0.15, 0.2) is 5.82 Å². The summed E-state index contributed by atoms with van der Waals surface area (Å²) in [4.78, 5) is 8.31. The molecule has 10 heteroatoms. The lowest BCUT2D eigenvalue weighted by atomic mass is 9.85. The SMILES string of the molecule is CO[C@@H]1/C(=C\c2cnc(-c3ccc(-n4ccnc4)cc3O)nn2)C[C@@]2(C)NC1CC2(F)F. The van der Waals surface area contributed by atoms with Crippen LogP contribution in [0.3, 0.4) is 0 Å². The van der Waals surface area contributed by atoms with E-state index in [4.69, 9.17) is 4.74 Å². The van der Waals surface area contributed by atoms with Gasteiger partial charge in [0.25, 0.3) is 5.92 Å². The second kappa shape index (κ2) is 7.42. The third-order valence-corrected chi connectivity index (χ3v) is 6.27. The van der Waals surface area contributed by atoms with E-state index in [0.29, 0.717) is 11.3 Å². The molecule has 5 rings (SSSR count). The molecule has 8 nitrogen and oxygen atoms in total. The van der Waals surface area contributed by atoms with E-state index in [1.807, 2.05) is 6.07 Å². The van der Waals surface area contributed by atoms with Crippen molar-refractivity contribution in [3.05, 3.63) is 54.4 Å². The van der Waals surface area contributed by atoms with Crippen molar-refractivity contribution in [2.45, 2.75) is 43.4 Å². The van der Waals surface area contributed by atoms with E-state index >= 15 is 0 Å². The summed E-state index contributed by atoms with van der Waals surface area (Å²) in [6, 6.07) is 4.63. The molecule has 2 saturated heterocycles. The van der Waals surface area contributed by atoms with Crippen molar-refractivity contribution in [1.29, 1.82) is 0 Å². The van der Waals surface area contributed by atoms with Crippen molar-refractivity contribution >= 4 is 6.08 Å². The van der Waals surface area contributed by atoms with E-state index in [1.165, 1.54) is 20.2 Å². The molecule has 0 spiro atoms. The highest BCUT2D eigenvalue weighted by atomic mass is 19.3. The number of hydrogen-bond donors (Lipinski definition) is 2. The number of phenols is 1. The molecule has 32 heavy (non-hydrogen) atoms. The first-order valence-electron chi connectivity index (χ1n) is 10.2. The fraction of sp³-hybridized carbons (Fsp3) is 0.364. The molecule has 2 aromatic heterocycles. The summed E-state index contributed by atoms with van der Waals surface area (Å²) in [6.45, 7) is 1.54. The minimum absolute atomic E-state index is 0.00800. The van der Waals surface area contributed by atoms with Crippen LogP contribution >= 0.6 is 0 Å². The van der Waals surface area contributed by atoms with Crippen LogP contribution in [0.4, 0.5) is 8.78 Å². The Hall–Kier alpha value is -3.24. The third kappa shape index (κ3) is 3.35. The molecule has 2 aliphatic heterocycles. The number of fused-ring (bicyclic) bond motifs is 2. The number of phenolic OH excluding ortho intramolecular Hbond substituents is 1. The van der Waals surface area contributed by atoms with Gasteiger partial charge in [-0.1, -0.05) is 0 Å². The number of ether oxygens (including phenoxy) is 1. The summed E-state index contributed by atoms with van der Waals surface area (Å²) in [7, 11) is 1.52. The molecular weight excluding hydrogens is 418 g/mol. The fourth-order valence-corrected chi connectivity index (χ4v) is 4.59. The quantitative estimate of drug-likeness (QED) is 0.644. The molecule has 2 N–H and O–H groups in total. The van der Waals surface area contributed by atoms with Crippen LogP contribution < -0.4 is 5.32 Å². The molecule has 3 atom stereocenters. The second-order valence-electron chi connectivity index (χ2n) is 8.42. The first kappa shape index (κ1) is 20.7. The van der Waals surface area contributed by atoms with Gasteiger partial charge < -0.3 is 19.7 Å². The first-order chi connectivity index (χ1) is 15.3. The molecular formula is C22H22F2N6O2. The van der Waals surface area contributed by atoms with Crippen molar-refractivity contribution in [2.24, 2.45) is 0 Å². The molecule has 2 fully saturated rings. The smallest absolute Gasteiger partial charge is 0.267 e. The number of imidazole rings is 1. The van der Waals surface area contributed by atoms with Crippen LogP contribution in [0.1, 0.15) is 25.5 Å². The van der Waals surface area contributed by atoms with Crippen LogP contribution in [0.5, 0.6) is 5.75 Å². The van der Waals surface area contributed by atoms with Gasteiger partial charge in [0.05, 0.1) is 35.4 Å². The predicted molar refractivity (Wildman–Crippen MR) is 112 cm³/mol. The van der Waals surface area contributed by atoms with Gasteiger partial charge in [-0.15, -0.1) is 10.2 Å². The lowest BCUT2D eigenvalue weighted by Crippen LogP contribution is -2.56. The predicted octanol–water partition coefficient (Wildman–Crippen LogP) is 2.99. The maximum absolute atomic E-state index is 14.5. The molecule has 2 bridgehead atoms. The van der Waals surface area contributed by atoms with Gasteiger partial charge in [-0.3, -0.25) is 0 Å². The zero-order valence-electron chi connectivity index (χ0n) is 17.5. The van der Waals surface area contributed by atoms with E-state index in [-0.39, 0.29) is 24.4 Å². The van der Waals surface area contributed by atoms with Gasteiger partial charge in [0, 0.05) is 38.0 Å². The lowest BCUT2D eigenvalue weighted by molar-refractivity contribution is -0.0523. The number of nitrogens with zero attached hydrogens (tertiary/aromatic N) is 5. The summed E-state index contributed by atoms with van der Waals surface area (Å²) in [5.74, 6) is -2.55. The molecule has 0 amide bonds. The summed E-state index contributed by atoms with van der Waals surface area (Å²) in [5, 5.41) is 21.8. The number of rotatable bonds is 4. The Bertz CT molecular complexity index is 1160. The minimum atomic E-state index is -2.82. The first-order valence-corrected chi connectivity index (χ1v) is 10.2. The number of methoxy groups -OCH3 is 1. The van der Waals surface area contributed by atoms with E-state index in [0.717, 1.165) is 11.3 Å². The second-order valence-corrected chi connectivity index (χ2v) is 8.42. The van der Waals surface area contributed by atoms with Crippen LogP contribution in [-0.2, 0) is 4.74 Å². The van der Waals surface area contributed by atoms with Crippen LogP contribution in [0.2, 0.25) is 0 Å². The Morgan fingerprint density at radius 3 is 2.81 bits per heavy atom. The number of aromatic nitrogens is 5. The third-order valence-electron chi connectivity index (χ3n) is 6.27. The van der Waals surface area contributed by atoms with Gasteiger partial charge in [0.1, 0.15) is 11.4 Å². The van der Waals surface area contributed by atoms with Gasteiger partial charge in [-0.05, 0) is 37.1 Å². The maximum Gasteiger partial charge on any atom is 0.267 e. The summed E-state index contributed by atoms with van der Waals surface area (Å²) >= 11 is 0. The van der Waals surface area contributed by atoms with Gasteiger partial charge >= 0.3 is 0 Å². The van der Waals surface area contributed by atoms with E-state index in [1.54, 1.807) is 41.5 Å². The van der Waals surface area contributed by atoms with E-state index in [9.17, 15) is 13.9 Å². The van der Waals surface area contributed by atoms with Crippen molar-refractivity contribution in [2.75, 3.05) is 7.11 Å². The largest absolute Gasteiger partial charge is 0.507 e. The number of nitrogens with one attached hydrogen (secondary N) is 1. The molecule has 1 aromatic carbocycles. The molecule has 2 aliphatic rings. The average molecular weight is 440 g/mol. The van der Waals surface area contributed by atoms with Crippen LogP contribution in [0, 0.1) is 0 Å². The molecule has 0 aliphatic carbocycles. The Kier molecular flexibility index (Phi) is 4.79. The highest BCUT2D eigenvalue weighted by molar-refractivity contribution is 5.66. The van der Waals surface area contributed by atoms with Crippen LogP contribution in [0.25, 0.3) is 23.2 Å². The monoisotopic (exact) mass is 440 g/mol. The van der Waals surface area contributed by atoms with E-state index in [2.05, 4.69) is 25.5 Å². The summed E-state index contributed by atoms with van der Waals surface area (Å²) < 4.78 is 36.3. The number of alkyl halides is 2. The van der Waals surface area contributed by atoms with E-state index < -0.39 is 23.6 Å². The fourth-order valence-electron chi connectivity index (χ4n) is 4.59. The van der Waals surface area contributed by atoms with Crippen LogP contribution in [0.15, 0.2) is 48.7 Å². The van der Waals surface area contributed by atoms with Gasteiger partial charge in [-0.25, -0.2) is 18.7 Å². The number of piperidine rings is 1. The number of halogens is 2. The highest BCUT2D eigenvalue weighted by Crippen LogP contribution is 2.49. The molecule has 1 unspecified atom stereocenters. The molecule has 0 radical (unpaired) electrons. The van der Waals surface area contributed by atoms with Crippen LogP contribution in [-0.4, -0.2) is 60.6 Å². The number of aromatic hydroxyl groups is 1.